The van der Waals surface area contributed by atoms with Crippen molar-refractivity contribution in [1.82, 2.24) is 13.5 Å². The summed E-state index contributed by atoms with van der Waals surface area (Å²) < 4.78 is 1.73. The zero-order valence-electron chi connectivity index (χ0n) is 9.43. The van der Waals surface area contributed by atoms with Crippen LogP contribution in [0.15, 0.2) is 16.2 Å². The van der Waals surface area contributed by atoms with Crippen molar-refractivity contribution in [3.63, 3.8) is 0 Å². The topological polar surface area (TPSA) is 55.2 Å². The number of likely N-dealkylation sites (tertiary alicyclic amines) is 1. The Morgan fingerprint density at radius 1 is 1.39 bits per heavy atom. The predicted molar refractivity (Wildman–Crippen MR) is 73.3 cm³/mol. The van der Waals surface area contributed by atoms with E-state index in [1.807, 2.05) is 0 Å². The molecule has 0 atom stereocenters. The average Bonchev–Trinajstić information content (AvgIpc) is 3.02. The van der Waals surface area contributed by atoms with Crippen molar-refractivity contribution in [2.75, 3.05) is 13.1 Å². The van der Waals surface area contributed by atoms with Crippen LogP contribution in [0.4, 0.5) is 0 Å². The quantitative estimate of drug-likeness (QED) is 0.803. The second kappa shape index (κ2) is 4.47. The van der Waals surface area contributed by atoms with Gasteiger partial charge in [0.25, 0.3) is 11.5 Å². The van der Waals surface area contributed by atoms with Gasteiger partial charge in [0.05, 0.1) is 21.7 Å². The average molecular weight is 328 g/mol. The second-order valence-corrected chi connectivity index (χ2v) is 5.78. The first-order valence-electron chi connectivity index (χ1n) is 5.64. The number of fused-ring (bicyclic) bond motifs is 1. The Morgan fingerprint density at radius 3 is 2.83 bits per heavy atom. The molecule has 2 aromatic rings. The van der Waals surface area contributed by atoms with Gasteiger partial charge in [0.1, 0.15) is 4.70 Å². The second-order valence-electron chi connectivity index (χ2n) is 4.16. The molecule has 0 bridgehead atoms. The van der Waals surface area contributed by atoms with Gasteiger partial charge in [0.2, 0.25) is 5.82 Å². The number of hydrogen-bond donors (Lipinski definition) is 0. The van der Waals surface area contributed by atoms with Gasteiger partial charge in [-0.2, -0.15) is 0 Å². The minimum absolute atomic E-state index is 0.160. The lowest BCUT2D eigenvalue weighted by molar-refractivity contribution is 0.0780. The van der Waals surface area contributed by atoms with Gasteiger partial charge in [0, 0.05) is 13.1 Å². The maximum atomic E-state index is 12.3. The summed E-state index contributed by atoms with van der Waals surface area (Å²) in [5, 5.41) is 1.80. The number of nitrogens with zero attached hydrogens (tertiary/aromatic N) is 3. The molecule has 0 N–H and O–H groups in total. The van der Waals surface area contributed by atoms with Gasteiger partial charge in [-0.05, 0) is 24.3 Å². The van der Waals surface area contributed by atoms with E-state index in [0.29, 0.717) is 10.2 Å². The van der Waals surface area contributed by atoms with Gasteiger partial charge in [-0.15, -0.1) is 11.3 Å². The number of thiophene rings is 1. The Morgan fingerprint density at radius 2 is 2.11 bits per heavy atom. The third-order valence-electron chi connectivity index (χ3n) is 3.01. The standard InChI is InChI=1S/C11H10BrN3O2S/c12-15-9(11(17)14-4-1-2-5-14)13-7-3-6-18-8(7)10(15)16/h3,6H,1-2,4-5H2. The molecule has 1 saturated heterocycles. The Labute approximate surface area is 115 Å². The van der Waals surface area contributed by atoms with Crippen molar-refractivity contribution in [2.24, 2.45) is 0 Å². The number of hydrogen-bond acceptors (Lipinski definition) is 4. The van der Waals surface area contributed by atoms with E-state index in [1.165, 1.54) is 14.9 Å². The van der Waals surface area contributed by atoms with Crippen molar-refractivity contribution >= 4 is 43.6 Å². The van der Waals surface area contributed by atoms with E-state index >= 15 is 0 Å². The lowest BCUT2D eigenvalue weighted by Gasteiger charge is -2.15. The monoisotopic (exact) mass is 327 g/mol. The van der Waals surface area contributed by atoms with E-state index in [1.54, 1.807) is 16.3 Å². The molecule has 0 radical (unpaired) electrons. The normalized spacial score (nSPS) is 15.5. The largest absolute Gasteiger partial charge is 0.336 e. The van der Waals surface area contributed by atoms with E-state index in [9.17, 15) is 9.59 Å². The van der Waals surface area contributed by atoms with Gasteiger partial charge in [0.15, 0.2) is 0 Å². The van der Waals surface area contributed by atoms with Crippen molar-refractivity contribution in [3.05, 3.63) is 27.6 Å². The summed E-state index contributed by atoms with van der Waals surface area (Å²) >= 11 is 4.46. The fraction of sp³-hybridized carbons (Fsp3) is 0.364. The zero-order valence-corrected chi connectivity index (χ0v) is 11.8. The number of amides is 1. The van der Waals surface area contributed by atoms with Gasteiger partial charge in [-0.3, -0.25) is 9.59 Å². The third kappa shape index (κ3) is 1.78. The molecule has 0 aliphatic carbocycles. The summed E-state index contributed by atoms with van der Waals surface area (Å²) in [5.41, 5.74) is 0.362. The number of halogens is 1. The van der Waals surface area contributed by atoms with Crippen LogP contribution in [0.2, 0.25) is 0 Å². The number of aromatic nitrogens is 2. The fourth-order valence-electron chi connectivity index (χ4n) is 2.09. The SMILES string of the molecule is O=C(c1nc2ccsc2c(=O)n1Br)N1CCCC1. The van der Waals surface area contributed by atoms with E-state index in [4.69, 9.17) is 0 Å². The van der Waals surface area contributed by atoms with Crippen LogP contribution in [-0.4, -0.2) is 32.5 Å². The number of carbonyl (C=O) groups excluding carboxylic acids is 1. The van der Waals surface area contributed by atoms with Crippen LogP contribution in [0, 0.1) is 0 Å². The Balaban J connectivity index is 2.13. The molecule has 0 aromatic carbocycles. The first kappa shape index (κ1) is 11.9. The molecular weight excluding hydrogens is 318 g/mol. The third-order valence-corrected chi connectivity index (χ3v) is 4.56. The molecule has 2 aromatic heterocycles. The first-order valence-corrected chi connectivity index (χ1v) is 7.23. The molecule has 1 aliphatic rings. The predicted octanol–water partition coefficient (Wildman–Crippen LogP) is 1.85. The van der Waals surface area contributed by atoms with Crippen LogP contribution < -0.4 is 5.56 Å². The molecule has 0 saturated carbocycles. The summed E-state index contributed by atoms with van der Waals surface area (Å²) in [7, 11) is 0. The summed E-state index contributed by atoms with van der Waals surface area (Å²) in [6.07, 6.45) is 2.03. The summed E-state index contributed by atoms with van der Waals surface area (Å²) in [5.74, 6) is -0.0256. The van der Waals surface area contributed by atoms with Crippen LogP contribution in [0.25, 0.3) is 10.2 Å². The van der Waals surface area contributed by atoms with Crippen molar-refractivity contribution < 1.29 is 4.79 Å². The van der Waals surface area contributed by atoms with E-state index < -0.39 is 0 Å². The summed E-state index contributed by atoms with van der Waals surface area (Å²) in [6.45, 7) is 1.48. The molecule has 18 heavy (non-hydrogen) atoms. The maximum Gasteiger partial charge on any atom is 0.290 e. The minimum Gasteiger partial charge on any atom is -0.336 e. The molecule has 3 heterocycles. The van der Waals surface area contributed by atoms with Crippen molar-refractivity contribution in [1.29, 1.82) is 0 Å². The highest BCUT2D eigenvalue weighted by Crippen LogP contribution is 2.18. The van der Waals surface area contributed by atoms with Gasteiger partial charge in [-0.1, -0.05) is 0 Å². The molecule has 1 amide bonds. The minimum atomic E-state index is -0.224. The molecule has 5 nitrogen and oxygen atoms in total. The van der Waals surface area contributed by atoms with Crippen LogP contribution in [0.5, 0.6) is 0 Å². The number of rotatable bonds is 1. The van der Waals surface area contributed by atoms with Crippen LogP contribution >= 0.6 is 27.5 Å². The molecule has 0 spiro atoms. The highest BCUT2D eigenvalue weighted by atomic mass is 79.9. The van der Waals surface area contributed by atoms with Crippen molar-refractivity contribution in [3.8, 4) is 0 Å². The summed E-state index contributed by atoms with van der Waals surface area (Å²) in [6, 6.07) is 1.76. The zero-order chi connectivity index (χ0) is 12.7. The molecule has 1 fully saturated rings. The van der Waals surface area contributed by atoms with E-state index in [0.717, 1.165) is 25.9 Å². The first-order chi connectivity index (χ1) is 8.68. The van der Waals surface area contributed by atoms with E-state index in [-0.39, 0.29) is 17.3 Å². The number of carbonyl (C=O) groups is 1. The summed E-state index contributed by atoms with van der Waals surface area (Å²) in [4.78, 5) is 30.3. The Kier molecular flexibility index (Phi) is 2.95. The highest BCUT2D eigenvalue weighted by molar-refractivity contribution is 9.08. The van der Waals surface area contributed by atoms with E-state index in [2.05, 4.69) is 21.1 Å². The smallest absolute Gasteiger partial charge is 0.290 e. The van der Waals surface area contributed by atoms with Crippen molar-refractivity contribution in [2.45, 2.75) is 12.8 Å². The lowest BCUT2D eigenvalue weighted by Crippen LogP contribution is -2.32. The van der Waals surface area contributed by atoms with Crippen LogP contribution in [0.1, 0.15) is 23.5 Å². The van der Waals surface area contributed by atoms with Gasteiger partial charge < -0.3 is 4.90 Å². The highest BCUT2D eigenvalue weighted by Gasteiger charge is 2.24. The molecule has 94 valence electrons. The van der Waals surface area contributed by atoms with Crippen LogP contribution in [-0.2, 0) is 0 Å². The lowest BCUT2D eigenvalue weighted by atomic mass is 10.4. The maximum absolute atomic E-state index is 12.3. The molecule has 7 heteroatoms. The van der Waals surface area contributed by atoms with Gasteiger partial charge >= 0.3 is 0 Å². The molecule has 1 aliphatic heterocycles. The van der Waals surface area contributed by atoms with Gasteiger partial charge in [-0.25, -0.2) is 8.58 Å². The fourth-order valence-corrected chi connectivity index (χ4v) is 3.37. The Bertz CT molecular complexity index is 672. The Hall–Kier alpha value is -1.21. The molecular formula is C11H10BrN3O2S. The molecule has 0 unspecified atom stereocenters. The molecule has 3 rings (SSSR count). The van der Waals surface area contributed by atoms with Crippen LogP contribution in [0.3, 0.4) is 0 Å².